The monoisotopic (exact) mass is 561 g/mol. The largest absolute Gasteiger partial charge is 0.485 e. The summed E-state index contributed by atoms with van der Waals surface area (Å²) in [5, 5.41) is 0.803. The second kappa shape index (κ2) is 12.5. The average molecular weight is 562 g/mol. The number of carbonyl (C=O) groups excluding carboxylic acids is 2. The van der Waals surface area contributed by atoms with Gasteiger partial charge in [0.25, 0.3) is 5.91 Å². The van der Waals surface area contributed by atoms with Crippen molar-refractivity contribution in [3.8, 4) is 11.4 Å². The second-order valence-corrected chi connectivity index (χ2v) is 10.0. The number of amides is 1. The van der Waals surface area contributed by atoms with Crippen molar-refractivity contribution in [3.63, 3.8) is 0 Å². The Kier molecular flexibility index (Phi) is 9.14. The third-order valence-corrected chi connectivity index (χ3v) is 7.19. The Morgan fingerprint density at radius 3 is 2.42 bits per heavy atom. The van der Waals surface area contributed by atoms with E-state index in [2.05, 4.69) is 4.94 Å². The van der Waals surface area contributed by atoms with E-state index in [1.165, 1.54) is 6.07 Å². The zero-order valence-corrected chi connectivity index (χ0v) is 22.0. The Labute approximate surface area is 229 Å². The van der Waals surface area contributed by atoms with Crippen LogP contribution >= 0.6 is 0 Å². The van der Waals surface area contributed by atoms with Gasteiger partial charge in [0, 0.05) is 46.2 Å². The highest BCUT2D eigenvalue weighted by Crippen LogP contribution is 2.40. The van der Waals surface area contributed by atoms with Crippen LogP contribution in [0.25, 0.3) is 5.69 Å². The molecule has 0 saturated heterocycles. The molecule has 2 aromatic carbocycles. The summed E-state index contributed by atoms with van der Waals surface area (Å²) in [4.78, 5) is 26.6. The molecule has 0 spiro atoms. The van der Waals surface area contributed by atoms with E-state index in [1.54, 1.807) is 41.1 Å². The molecule has 1 fully saturated rings. The lowest BCUT2D eigenvalue weighted by Gasteiger charge is -2.31. The highest BCUT2D eigenvalue weighted by Gasteiger charge is 2.32. The number of hydrazine groups is 1. The maximum absolute atomic E-state index is 13.3. The van der Waals surface area contributed by atoms with E-state index < -0.39 is 23.6 Å². The van der Waals surface area contributed by atoms with Crippen LogP contribution in [0.15, 0.2) is 60.9 Å². The van der Waals surface area contributed by atoms with Crippen LogP contribution < -0.4 is 10.6 Å². The molecule has 1 aromatic heterocycles. The van der Waals surface area contributed by atoms with E-state index in [9.17, 15) is 27.3 Å². The number of ether oxygens (including phenoxy) is 1. The highest BCUT2D eigenvalue weighted by molar-refractivity contribution is 5.94. The standard InChI is InChI=1S/C29H31F4N3O4/c1-19-17-35(23-9-5-8-22(16-23)29(30,31)32)18-25(19)27(20-6-3-2-4-7-20)39-24-12-10-21(11-13-24)28(38)36(34)15-14-26(37)40-33/h5,8-13,16-18,20,27H,2-4,6-7,14-15,34H2,1H3. The maximum atomic E-state index is 13.3. The first kappa shape index (κ1) is 29.1. The molecule has 1 unspecified atom stereocenters. The third kappa shape index (κ3) is 7.01. The molecular formula is C29H31F4N3O4. The van der Waals surface area contributed by atoms with Crippen molar-refractivity contribution in [1.29, 1.82) is 0 Å². The van der Waals surface area contributed by atoms with Gasteiger partial charge in [-0.25, -0.2) is 10.6 Å². The molecule has 0 aliphatic heterocycles. The SMILES string of the molecule is Cc1cn(-c2cccc(C(F)(F)F)c2)cc1C(Oc1ccc(C(=O)N(N)CCC(=O)OF)cc1)C1CCCCC1. The van der Waals surface area contributed by atoms with Crippen LogP contribution in [0.2, 0.25) is 0 Å². The summed E-state index contributed by atoms with van der Waals surface area (Å²) in [6.07, 6.45) is 3.65. The summed E-state index contributed by atoms with van der Waals surface area (Å²) in [7, 11) is 0. The minimum atomic E-state index is -4.44. The van der Waals surface area contributed by atoms with Gasteiger partial charge in [-0.15, -0.1) is 0 Å². The predicted molar refractivity (Wildman–Crippen MR) is 139 cm³/mol. The molecule has 1 atom stereocenters. The molecule has 1 aliphatic rings. The fourth-order valence-electron chi connectivity index (χ4n) is 5.05. The molecular weight excluding hydrogens is 530 g/mol. The zero-order valence-electron chi connectivity index (χ0n) is 22.0. The van der Waals surface area contributed by atoms with E-state index in [-0.39, 0.29) is 30.6 Å². The summed E-state index contributed by atoms with van der Waals surface area (Å²) in [5.74, 6) is 4.74. The van der Waals surface area contributed by atoms with Gasteiger partial charge in [0.1, 0.15) is 11.9 Å². The number of rotatable bonds is 9. The van der Waals surface area contributed by atoms with Gasteiger partial charge in [0.15, 0.2) is 0 Å². The van der Waals surface area contributed by atoms with Crippen LogP contribution in [-0.4, -0.2) is 28.0 Å². The molecule has 11 heteroatoms. The predicted octanol–water partition coefficient (Wildman–Crippen LogP) is 6.64. The van der Waals surface area contributed by atoms with Crippen LogP contribution in [0.5, 0.6) is 5.75 Å². The zero-order chi connectivity index (χ0) is 28.9. The van der Waals surface area contributed by atoms with Crippen molar-refractivity contribution < 1.29 is 37.0 Å². The van der Waals surface area contributed by atoms with Gasteiger partial charge in [-0.05, 0) is 67.8 Å². The Morgan fingerprint density at radius 2 is 1.77 bits per heavy atom. The Balaban J connectivity index is 1.56. The van der Waals surface area contributed by atoms with Crippen molar-refractivity contribution in [2.45, 2.75) is 57.7 Å². The summed E-state index contributed by atoms with van der Waals surface area (Å²) in [5.41, 5.74) is 1.72. The molecule has 1 aliphatic carbocycles. The minimum Gasteiger partial charge on any atom is -0.485 e. The number of aromatic nitrogens is 1. The van der Waals surface area contributed by atoms with Crippen molar-refractivity contribution in [2.24, 2.45) is 11.8 Å². The van der Waals surface area contributed by atoms with Crippen LogP contribution in [0.3, 0.4) is 0 Å². The molecule has 1 heterocycles. The number of benzene rings is 2. The summed E-state index contributed by atoms with van der Waals surface area (Å²) in [6.45, 7) is 1.70. The lowest BCUT2D eigenvalue weighted by Crippen LogP contribution is -2.39. The van der Waals surface area contributed by atoms with Gasteiger partial charge in [0.2, 0.25) is 0 Å². The Bertz CT molecular complexity index is 1320. The topological polar surface area (TPSA) is 86.8 Å². The second-order valence-electron chi connectivity index (χ2n) is 10.0. The smallest absolute Gasteiger partial charge is 0.416 e. The lowest BCUT2D eigenvalue weighted by molar-refractivity contribution is -0.183. The quantitative estimate of drug-likeness (QED) is 0.137. The number of nitrogens with zero attached hydrogens (tertiary/aromatic N) is 2. The molecule has 4 rings (SSSR count). The number of alkyl halides is 3. The summed E-state index contributed by atoms with van der Waals surface area (Å²) in [6, 6.07) is 11.6. The van der Waals surface area contributed by atoms with Crippen molar-refractivity contribution in [2.75, 3.05) is 6.54 Å². The lowest BCUT2D eigenvalue weighted by atomic mass is 9.82. The van der Waals surface area contributed by atoms with E-state index in [0.29, 0.717) is 11.4 Å². The summed E-state index contributed by atoms with van der Waals surface area (Å²) >= 11 is 0. The van der Waals surface area contributed by atoms with E-state index in [4.69, 9.17) is 10.6 Å². The van der Waals surface area contributed by atoms with Gasteiger partial charge in [-0.3, -0.25) is 14.7 Å². The summed E-state index contributed by atoms with van der Waals surface area (Å²) < 4.78 is 60.0. The van der Waals surface area contributed by atoms with Crippen molar-refractivity contribution >= 4 is 11.9 Å². The van der Waals surface area contributed by atoms with E-state index in [1.807, 2.05) is 13.1 Å². The van der Waals surface area contributed by atoms with E-state index >= 15 is 0 Å². The van der Waals surface area contributed by atoms with Gasteiger partial charge in [-0.2, -0.15) is 13.2 Å². The first-order chi connectivity index (χ1) is 19.1. The van der Waals surface area contributed by atoms with Crippen molar-refractivity contribution in [3.05, 3.63) is 83.2 Å². The number of halogens is 4. The van der Waals surface area contributed by atoms with Crippen LogP contribution in [-0.2, 0) is 15.9 Å². The third-order valence-electron chi connectivity index (χ3n) is 7.19. The number of aryl methyl sites for hydroxylation is 1. The van der Waals surface area contributed by atoms with E-state index in [0.717, 1.165) is 60.4 Å². The molecule has 40 heavy (non-hydrogen) atoms. The van der Waals surface area contributed by atoms with Crippen LogP contribution in [0.4, 0.5) is 17.7 Å². The molecule has 1 saturated carbocycles. The first-order valence-electron chi connectivity index (χ1n) is 13.1. The Hall–Kier alpha value is -3.86. The minimum absolute atomic E-state index is 0.209. The number of carbonyl (C=O) groups is 2. The molecule has 0 bridgehead atoms. The molecule has 3 aromatic rings. The Morgan fingerprint density at radius 1 is 1.07 bits per heavy atom. The molecule has 2 N–H and O–H groups in total. The van der Waals surface area contributed by atoms with Gasteiger partial charge in [0.05, 0.1) is 12.0 Å². The number of hydrogen-bond acceptors (Lipinski definition) is 5. The molecule has 7 nitrogen and oxygen atoms in total. The average Bonchev–Trinajstić information content (AvgIpc) is 3.35. The van der Waals surface area contributed by atoms with Gasteiger partial charge < -0.3 is 9.30 Å². The van der Waals surface area contributed by atoms with Crippen LogP contribution in [0, 0.1) is 12.8 Å². The van der Waals surface area contributed by atoms with Gasteiger partial charge in [-0.1, -0.05) is 25.3 Å². The number of hydrogen-bond donors (Lipinski definition) is 1. The highest BCUT2D eigenvalue weighted by atomic mass is 19.4. The maximum Gasteiger partial charge on any atom is 0.416 e. The van der Waals surface area contributed by atoms with Crippen molar-refractivity contribution in [1.82, 2.24) is 9.58 Å². The molecule has 1 amide bonds. The fourth-order valence-corrected chi connectivity index (χ4v) is 5.05. The normalized spacial score (nSPS) is 14.9. The molecule has 214 valence electrons. The first-order valence-corrected chi connectivity index (χ1v) is 13.1. The molecule has 0 radical (unpaired) electrons. The fraction of sp³-hybridized carbons (Fsp3) is 0.379. The van der Waals surface area contributed by atoms with Crippen LogP contribution in [0.1, 0.15) is 71.7 Å². The van der Waals surface area contributed by atoms with Gasteiger partial charge >= 0.3 is 12.1 Å². The number of nitrogens with two attached hydrogens (primary N) is 1.